The summed E-state index contributed by atoms with van der Waals surface area (Å²) in [7, 11) is 0. The molecule has 4 nitrogen and oxygen atoms in total. The number of aromatic nitrogens is 3. The Kier molecular flexibility index (Phi) is 3.29. The SMILES string of the molecule is O=c1[nH]ccc2ccccc12.c1ccc2[nH]cnc2c1. The Balaban J connectivity index is 0.000000123. The van der Waals surface area contributed by atoms with Gasteiger partial charge in [0.1, 0.15) is 0 Å². The Morgan fingerprint density at radius 3 is 2.50 bits per heavy atom. The topological polar surface area (TPSA) is 61.5 Å². The predicted molar refractivity (Wildman–Crippen MR) is 80.7 cm³/mol. The van der Waals surface area contributed by atoms with Crippen LogP contribution < -0.4 is 5.56 Å². The molecule has 20 heavy (non-hydrogen) atoms. The number of pyridine rings is 1. The van der Waals surface area contributed by atoms with Crippen molar-refractivity contribution in [1.82, 2.24) is 15.0 Å². The summed E-state index contributed by atoms with van der Waals surface area (Å²) in [5.41, 5.74) is 2.10. The van der Waals surface area contributed by atoms with E-state index < -0.39 is 0 Å². The Morgan fingerprint density at radius 1 is 0.850 bits per heavy atom. The number of H-pyrrole nitrogens is 2. The number of rotatable bonds is 0. The number of nitrogens with zero attached hydrogens (tertiary/aromatic N) is 1. The van der Waals surface area contributed by atoms with Crippen LogP contribution in [-0.2, 0) is 0 Å². The number of nitrogens with one attached hydrogen (secondary N) is 2. The molecule has 2 N–H and O–H groups in total. The smallest absolute Gasteiger partial charge is 0.255 e. The zero-order valence-electron chi connectivity index (χ0n) is 10.7. The fraction of sp³-hybridized carbons (Fsp3) is 0. The first-order chi connectivity index (χ1) is 9.84. The highest BCUT2D eigenvalue weighted by atomic mass is 16.1. The van der Waals surface area contributed by atoms with E-state index in [4.69, 9.17) is 0 Å². The average Bonchev–Trinajstić information content (AvgIpc) is 2.97. The van der Waals surface area contributed by atoms with Crippen molar-refractivity contribution < 1.29 is 0 Å². The third-order valence-corrected chi connectivity index (χ3v) is 3.01. The van der Waals surface area contributed by atoms with Crippen LogP contribution in [0.25, 0.3) is 21.8 Å². The van der Waals surface area contributed by atoms with Gasteiger partial charge in [0, 0.05) is 11.6 Å². The van der Waals surface area contributed by atoms with Crippen LogP contribution in [0.4, 0.5) is 0 Å². The van der Waals surface area contributed by atoms with Gasteiger partial charge in [-0.25, -0.2) is 4.98 Å². The van der Waals surface area contributed by atoms with E-state index in [9.17, 15) is 4.79 Å². The summed E-state index contributed by atoms with van der Waals surface area (Å²) in [6.45, 7) is 0. The van der Waals surface area contributed by atoms with Gasteiger partial charge in [0.2, 0.25) is 0 Å². The molecule has 0 amide bonds. The van der Waals surface area contributed by atoms with E-state index in [1.165, 1.54) is 0 Å². The van der Waals surface area contributed by atoms with E-state index >= 15 is 0 Å². The first-order valence-corrected chi connectivity index (χ1v) is 6.29. The highest BCUT2D eigenvalue weighted by molar-refractivity contribution is 5.80. The van der Waals surface area contributed by atoms with E-state index in [1.807, 2.05) is 54.6 Å². The molecule has 0 saturated heterocycles. The molecule has 0 saturated carbocycles. The summed E-state index contributed by atoms with van der Waals surface area (Å²) in [6, 6.07) is 17.3. The van der Waals surface area contributed by atoms with Crippen molar-refractivity contribution in [3.8, 4) is 0 Å². The lowest BCUT2D eigenvalue weighted by atomic mass is 10.2. The fourth-order valence-electron chi connectivity index (χ4n) is 2.01. The lowest BCUT2D eigenvalue weighted by Crippen LogP contribution is -2.03. The number of aromatic amines is 2. The molecule has 0 unspecified atom stereocenters. The Hall–Kier alpha value is -2.88. The second-order valence-electron chi connectivity index (χ2n) is 4.31. The number of para-hydroxylation sites is 2. The van der Waals surface area contributed by atoms with Crippen LogP contribution in [0, 0.1) is 0 Å². The van der Waals surface area contributed by atoms with Gasteiger partial charge in [-0.15, -0.1) is 0 Å². The maximum absolute atomic E-state index is 11.1. The maximum atomic E-state index is 11.1. The Morgan fingerprint density at radius 2 is 1.65 bits per heavy atom. The molecule has 2 aromatic heterocycles. The van der Waals surface area contributed by atoms with Crippen LogP contribution in [0.3, 0.4) is 0 Å². The highest BCUT2D eigenvalue weighted by Crippen LogP contribution is 2.06. The van der Waals surface area contributed by atoms with E-state index in [2.05, 4.69) is 15.0 Å². The second kappa shape index (κ2) is 5.40. The molecular weight excluding hydrogens is 250 g/mol. The fourth-order valence-corrected chi connectivity index (χ4v) is 2.01. The molecule has 98 valence electrons. The molecule has 2 heterocycles. The number of imidazole rings is 1. The van der Waals surface area contributed by atoms with Crippen LogP contribution >= 0.6 is 0 Å². The van der Waals surface area contributed by atoms with Gasteiger partial charge in [0.05, 0.1) is 17.4 Å². The zero-order chi connectivity index (χ0) is 13.8. The third-order valence-electron chi connectivity index (χ3n) is 3.01. The maximum Gasteiger partial charge on any atom is 0.255 e. The van der Waals surface area contributed by atoms with E-state index in [-0.39, 0.29) is 5.56 Å². The van der Waals surface area contributed by atoms with Gasteiger partial charge in [-0.05, 0) is 29.7 Å². The van der Waals surface area contributed by atoms with Crippen molar-refractivity contribution >= 4 is 21.8 Å². The van der Waals surface area contributed by atoms with Gasteiger partial charge in [-0.3, -0.25) is 4.79 Å². The van der Waals surface area contributed by atoms with Crippen molar-refractivity contribution in [3.05, 3.63) is 77.5 Å². The van der Waals surface area contributed by atoms with Crippen molar-refractivity contribution in [2.24, 2.45) is 0 Å². The van der Waals surface area contributed by atoms with E-state index in [1.54, 1.807) is 12.5 Å². The van der Waals surface area contributed by atoms with Crippen molar-refractivity contribution in [2.75, 3.05) is 0 Å². The standard InChI is InChI=1S/C9H7NO.C7H6N2/c11-9-8-4-2-1-3-7(8)5-6-10-9;1-2-4-7-6(3-1)8-5-9-7/h1-6H,(H,10,11);1-5H,(H,8,9). The molecule has 0 bridgehead atoms. The molecule has 4 aromatic rings. The summed E-state index contributed by atoms with van der Waals surface area (Å²) >= 11 is 0. The summed E-state index contributed by atoms with van der Waals surface area (Å²) in [4.78, 5) is 20.8. The molecule has 4 rings (SSSR count). The van der Waals surface area contributed by atoms with Crippen LogP contribution in [0.5, 0.6) is 0 Å². The van der Waals surface area contributed by atoms with Crippen LogP contribution in [0.15, 0.2) is 71.9 Å². The monoisotopic (exact) mass is 263 g/mol. The molecule has 4 heteroatoms. The average molecular weight is 263 g/mol. The van der Waals surface area contributed by atoms with Gasteiger partial charge in [-0.2, -0.15) is 0 Å². The summed E-state index contributed by atoms with van der Waals surface area (Å²) in [6.07, 6.45) is 3.36. The van der Waals surface area contributed by atoms with E-state index in [0.29, 0.717) is 0 Å². The van der Waals surface area contributed by atoms with E-state index in [0.717, 1.165) is 21.8 Å². The molecule has 0 fully saturated rings. The molecule has 0 atom stereocenters. The van der Waals surface area contributed by atoms with Gasteiger partial charge in [0.25, 0.3) is 5.56 Å². The highest BCUT2D eigenvalue weighted by Gasteiger charge is 1.92. The minimum absolute atomic E-state index is 0.0249. The largest absolute Gasteiger partial charge is 0.345 e. The van der Waals surface area contributed by atoms with Crippen LogP contribution in [0.2, 0.25) is 0 Å². The summed E-state index contributed by atoms with van der Waals surface area (Å²) in [5.74, 6) is 0. The number of benzene rings is 2. The zero-order valence-corrected chi connectivity index (χ0v) is 10.7. The first-order valence-electron chi connectivity index (χ1n) is 6.29. The first kappa shape index (κ1) is 12.2. The summed E-state index contributed by atoms with van der Waals surface area (Å²) < 4.78 is 0. The van der Waals surface area contributed by atoms with Crippen LogP contribution in [-0.4, -0.2) is 15.0 Å². The van der Waals surface area contributed by atoms with Gasteiger partial charge >= 0.3 is 0 Å². The Labute approximate surface area is 115 Å². The third kappa shape index (κ3) is 2.44. The quantitative estimate of drug-likeness (QED) is 0.512. The molecular formula is C16H13N3O. The molecule has 0 aliphatic rings. The lowest BCUT2D eigenvalue weighted by Gasteiger charge is -1.92. The number of fused-ring (bicyclic) bond motifs is 2. The Bertz CT molecular complexity index is 857. The molecule has 0 aliphatic heterocycles. The van der Waals surface area contributed by atoms with Gasteiger partial charge in [-0.1, -0.05) is 30.3 Å². The second-order valence-corrected chi connectivity index (χ2v) is 4.31. The van der Waals surface area contributed by atoms with Crippen molar-refractivity contribution in [1.29, 1.82) is 0 Å². The molecule has 2 aromatic carbocycles. The number of hydrogen-bond acceptors (Lipinski definition) is 2. The van der Waals surface area contributed by atoms with Crippen molar-refractivity contribution in [3.63, 3.8) is 0 Å². The van der Waals surface area contributed by atoms with Crippen LogP contribution in [0.1, 0.15) is 0 Å². The van der Waals surface area contributed by atoms with Crippen molar-refractivity contribution in [2.45, 2.75) is 0 Å². The summed E-state index contributed by atoms with van der Waals surface area (Å²) in [5, 5.41) is 1.73. The minimum atomic E-state index is -0.0249. The normalized spacial score (nSPS) is 10.2. The molecule has 0 spiro atoms. The van der Waals surface area contributed by atoms with Gasteiger partial charge in [0.15, 0.2) is 0 Å². The molecule has 0 radical (unpaired) electrons. The molecule has 0 aliphatic carbocycles. The minimum Gasteiger partial charge on any atom is -0.345 e. The lowest BCUT2D eigenvalue weighted by molar-refractivity contribution is 1.28. The number of hydrogen-bond donors (Lipinski definition) is 2. The predicted octanol–water partition coefficient (Wildman–Crippen LogP) is 3.09. The van der Waals surface area contributed by atoms with Gasteiger partial charge < -0.3 is 9.97 Å².